The van der Waals surface area contributed by atoms with E-state index >= 15 is 0 Å². The zero-order valence-electron chi connectivity index (χ0n) is 21.1. The van der Waals surface area contributed by atoms with Crippen LogP contribution < -0.4 is 14.8 Å². The van der Waals surface area contributed by atoms with Crippen LogP contribution in [0.25, 0.3) is 27.9 Å². The molecule has 0 fully saturated rings. The fourth-order valence-electron chi connectivity index (χ4n) is 4.09. The minimum Gasteiger partial charge on any atom is -0.493 e. The maximum atomic E-state index is 13.2. The Balaban J connectivity index is 1.61. The van der Waals surface area contributed by atoms with E-state index in [1.807, 2.05) is 80.6 Å². The van der Waals surface area contributed by atoms with Gasteiger partial charge in [-0.2, -0.15) is 4.52 Å². The average molecular weight is 514 g/mol. The van der Waals surface area contributed by atoms with Crippen LogP contribution in [0.4, 0.5) is 5.69 Å². The molecule has 0 aliphatic carbocycles. The summed E-state index contributed by atoms with van der Waals surface area (Å²) in [4.78, 5) is 23.0. The second kappa shape index (κ2) is 10.5. The Hall–Kier alpha value is -4.11. The SMILES string of the molecule is CC[C@H](Sc1nc2cc(OC)c(OC)cc2c2nc(-c3ccccc3)nn12)C(=O)Nc1cccc(C)c1. The lowest BCUT2D eigenvalue weighted by Crippen LogP contribution is -2.25. The van der Waals surface area contributed by atoms with E-state index in [4.69, 9.17) is 24.5 Å². The van der Waals surface area contributed by atoms with Gasteiger partial charge in [0.15, 0.2) is 28.1 Å². The van der Waals surface area contributed by atoms with Gasteiger partial charge < -0.3 is 14.8 Å². The number of rotatable bonds is 8. The first-order chi connectivity index (χ1) is 18.0. The lowest BCUT2D eigenvalue weighted by molar-refractivity contribution is -0.115. The fraction of sp³-hybridized carbons (Fsp3) is 0.214. The number of carbonyl (C=O) groups excluding carboxylic acids is 1. The van der Waals surface area contributed by atoms with E-state index in [-0.39, 0.29) is 5.91 Å². The van der Waals surface area contributed by atoms with Crippen LogP contribution in [0.2, 0.25) is 0 Å². The lowest BCUT2D eigenvalue weighted by atomic mass is 10.2. The highest BCUT2D eigenvalue weighted by Crippen LogP contribution is 2.36. The van der Waals surface area contributed by atoms with Gasteiger partial charge in [-0.3, -0.25) is 4.79 Å². The Morgan fingerprint density at radius 3 is 2.46 bits per heavy atom. The molecule has 188 valence electrons. The molecule has 8 nitrogen and oxygen atoms in total. The number of thioether (sulfide) groups is 1. The first-order valence-corrected chi connectivity index (χ1v) is 12.8. The molecule has 0 spiro atoms. The second-order valence-electron chi connectivity index (χ2n) is 8.53. The predicted octanol–water partition coefficient (Wildman–Crippen LogP) is 5.78. The highest BCUT2D eigenvalue weighted by molar-refractivity contribution is 8.00. The number of methoxy groups -OCH3 is 2. The molecular formula is C28H27N5O3S. The molecule has 3 aromatic carbocycles. The number of hydrogen-bond donors (Lipinski definition) is 1. The third-order valence-electron chi connectivity index (χ3n) is 5.98. The van der Waals surface area contributed by atoms with Crippen molar-refractivity contribution in [1.82, 2.24) is 19.6 Å². The van der Waals surface area contributed by atoms with Crippen molar-refractivity contribution in [3.05, 3.63) is 72.3 Å². The normalized spacial score (nSPS) is 12.0. The summed E-state index contributed by atoms with van der Waals surface area (Å²) in [6.07, 6.45) is 0.607. The summed E-state index contributed by atoms with van der Waals surface area (Å²) in [5.41, 5.74) is 4.04. The van der Waals surface area contributed by atoms with E-state index in [0.29, 0.717) is 40.1 Å². The largest absolute Gasteiger partial charge is 0.493 e. The number of ether oxygens (including phenoxy) is 2. The minimum atomic E-state index is -0.391. The topological polar surface area (TPSA) is 90.6 Å². The highest BCUT2D eigenvalue weighted by atomic mass is 32.2. The number of fused-ring (bicyclic) bond motifs is 3. The molecule has 9 heteroatoms. The first kappa shape index (κ1) is 24.6. The maximum absolute atomic E-state index is 13.2. The van der Waals surface area contributed by atoms with Crippen LogP contribution in [0, 0.1) is 6.92 Å². The lowest BCUT2D eigenvalue weighted by Gasteiger charge is -2.16. The molecule has 1 amide bonds. The molecule has 0 unspecified atom stereocenters. The van der Waals surface area contributed by atoms with Crippen molar-refractivity contribution in [2.45, 2.75) is 30.7 Å². The van der Waals surface area contributed by atoms with Crippen molar-refractivity contribution in [3.8, 4) is 22.9 Å². The monoisotopic (exact) mass is 513 g/mol. The molecule has 0 bridgehead atoms. The van der Waals surface area contributed by atoms with Gasteiger partial charge in [-0.1, -0.05) is 61.2 Å². The van der Waals surface area contributed by atoms with Gasteiger partial charge in [0.1, 0.15) is 0 Å². The van der Waals surface area contributed by atoms with E-state index in [0.717, 1.165) is 22.2 Å². The van der Waals surface area contributed by atoms with Crippen molar-refractivity contribution >= 4 is 39.9 Å². The Bertz CT molecular complexity index is 1590. The van der Waals surface area contributed by atoms with Crippen molar-refractivity contribution in [3.63, 3.8) is 0 Å². The number of amides is 1. The fourth-order valence-corrected chi connectivity index (χ4v) is 5.06. The highest BCUT2D eigenvalue weighted by Gasteiger charge is 2.24. The number of benzene rings is 3. The van der Waals surface area contributed by atoms with E-state index in [2.05, 4.69) is 5.32 Å². The number of anilines is 1. The third-order valence-corrected chi connectivity index (χ3v) is 7.28. The van der Waals surface area contributed by atoms with Gasteiger partial charge in [0.2, 0.25) is 5.91 Å². The van der Waals surface area contributed by atoms with Crippen LogP contribution >= 0.6 is 11.8 Å². The molecule has 37 heavy (non-hydrogen) atoms. The quantitative estimate of drug-likeness (QED) is 0.208. The number of nitrogens with one attached hydrogen (secondary N) is 1. The van der Waals surface area contributed by atoms with Gasteiger partial charge in [0.05, 0.1) is 25.0 Å². The molecule has 1 N–H and O–H groups in total. The van der Waals surface area contributed by atoms with Gasteiger partial charge in [-0.15, -0.1) is 5.10 Å². The van der Waals surface area contributed by atoms with E-state index < -0.39 is 5.25 Å². The molecular weight excluding hydrogens is 486 g/mol. The molecule has 0 saturated carbocycles. The van der Waals surface area contributed by atoms with E-state index in [1.54, 1.807) is 18.7 Å². The van der Waals surface area contributed by atoms with Crippen LogP contribution in [0.3, 0.4) is 0 Å². The summed E-state index contributed by atoms with van der Waals surface area (Å²) in [7, 11) is 3.18. The van der Waals surface area contributed by atoms with E-state index in [1.165, 1.54) is 11.8 Å². The maximum Gasteiger partial charge on any atom is 0.237 e. The molecule has 5 aromatic rings. The van der Waals surface area contributed by atoms with Gasteiger partial charge in [0, 0.05) is 22.7 Å². The molecule has 5 rings (SSSR count). The summed E-state index contributed by atoms with van der Waals surface area (Å²) >= 11 is 1.36. The standard InChI is InChI=1S/C28H27N5O3S/c1-5-24(27(34)29-19-13-9-10-17(2)14-19)37-28-30-21-16-23(36-4)22(35-3)15-20(21)26-31-25(32-33(26)28)18-11-7-6-8-12-18/h6-16,24H,5H2,1-4H3,(H,29,34)/t24-/m0/s1. The number of carbonyl (C=O) groups is 1. The molecule has 2 aromatic heterocycles. The molecule has 0 aliphatic rings. The van der Waals surface area contributed by atoms with Crippen molar-refractivity contribution in [1.29, 1.82) is 0 Å². The average Bonchev–Trinajstić information content (AvgIpc) is 3.37. The summed E-state index contributed by atoms with van der Waals surface area (Å²) in [5.74, 6) is 1.62. The molecule has 0 saturated heterocycles. The molecule has 0 radical (unpaired) electrons. The summed E-state index contributed by atoms with van der Waals surface area (Å²) < 4.78 is 12.7. The van der Waals surface area contributed by atoms with Crippen LogP contribution in [-0.4, -0.2) is 45.0 Å². The van der Waals surface area contributed by atoms with Crippen molar-refractivity contribution < 1.29 is 14.3 Å². The zero-order valence-corrected chi connectivity index (χ0v) is 21.9. The van der Waals surface area contributed by atoms with Crippen molar-refractivity contribution in [2.24, 2.45) is 0 Å². The van der Waals surface area contributed by atoms with Crippen LogP contribution in [-0.2, 0) is 4.79 Å². The van der Waals surface area contributed by atoms with Crippen molar-refractivity contribution in [2.75, 3.05) is 19.5 Å². The Morgan fingerprint density at radius 1 is 1.00 bits per heavy atom. The number of hydrogen-bond acceptors (Lipinski definition) is 7. The second-order valence-corrected chi connectivity index (χ2v) is 9.70. The van der Waals surface area contributed by atoms with Gasteiger partial charge in [0.25, 0.3) is 0 Å². The Kier molecular flexibility index (Phi) is 6.96. The smallest absolute Gasteiger partial charge is 0.237 e. The predicted molar refractivity (Wildman–Crippen MR) is 147 cm³/mol. The Morgan fingerprint density at radius 2 is 1.76 bits per heavy atom. The van der Waals surface area contributed by atoms with Gasteiger partial charge >= 0.3 is 0 Å². The van der Waals surface area contributed by atoms with Gasteiger partial charge in [-0.05, 0) is 37.1 Å². The first-order valence-electron chi connectivity index (χ1n) is 11.9. The number of nitrogens with zero attached hydrogens (tertiary/aromatic N) is 4. The van der Waals surface area contributed by atoms with Gasteiger partial charge in [-0.25, -0.2) is 9.97 Å². The molecule has 2 heterocycles. The zero-order chi connectivity index (χ0) is 25.9. The van der Waals surface area contributed by atoms with Crippen LogP contribution in [0.15, 0.2) is 71.9 Å². The van der Waals surface area contributed by atoms with Crippen LogP contribution in [0.1, 0.15) is 18.9 Å². The van der Waals surface area contributed by atoms with Crippen LogP contribution in [0.5, 0.6) is 11.5 Å². The summed E-state index contributed by atoms with van der Waals surface area (Å²) in [5, 5.41) is 8.77. The molecule has 0 aliphatic heterocycles. The number of aromatic nitrogens is 4. The summed E-state index contributed by atoms with van der Waals surface area (Å²) in [6.45, 7) is 3.98. The Labute approximate surface area is 219 Å². The number of aryl methyl sites for hydroxylation is 1. The molecule has 1 atom stereocenters. The third kappa shape index (κ3) is 4.95. The minimum absolute atomic E-state index is 0.0937. The van der Waals surface area contributed by atoms with E-state index in [9.17, 15) is 4.79 Å². The summed E-state index contributed by atoms with van der Waals surface area (Å²) in [6, 6.07) is 21.2.